The van der Waals surface area contributed by atoms with Crippen molar-refractivity contribution < 1.29 is 37.0 Å². The van der Waals surface area contributed by atoms with Crippen LogP contribution in [0, 0.1) is 0 Å². The Morgan fingerprint density at radius 2 is 0.891 bits per heavy atom. The van der Waals surface area contributed by atoms with Gasteiger partial charge in [-0.05, 0) is 104 Å². The van der Waals surface area contributed by atoms with E-state index in [0.717, 1.165) is 6.07 Å². The van der Waals surface area contributed by atoms with Gasteiger partial charge in [-0.15, -0.1) is 0 Å². The van der Waals surface area contributed by atoms with Crippen LogP contribution in [-0.2, 0) is 0 Å². The molecule has 10 aromatic rings. The van der Waals surface area contributed by atoms with Crippen LogP contribution in [0.25, 0.3) is 98.0 Å². The normalized spacial score (nSPS) is 20.1. The number of hydrogen-bond acceptors (Lipinski definition) is 0. The molecule has 212 valence electrons. The lowest BCUT2D eigenvalue weighted by Crippen LogP contribution is -1.94. The maximum absolute atomic E-state index is 9.81. The van der Waals surface area contributed by atoms with Crippen LogP contribution >= 0.6 is 0 Å². The van der Waals surface area contributed by atoms with Gasteiger partial charge in [0.25, 0.3) is 0 Å². The molecule has 0 spiro atoms. The average molecular weight is 608 g/mol. The van der Waals surface area contributed by atoms with Gasteiger partial charge in [0.15, 0.2) is 0 Å². The van der Waals surface area contributed by atoms with Crippen LogP contribution in [0.1, 0.15) is 37.0 Å². The summed E-state index contributed by atoms with van der Waals surface area (Å²) in [6, 6.07) is -23.0. The van der Waals surface area contributed by atoms with Gasteiger partial charge >= 0.3 is 0 Å². The molecule has 0 saturated heterocycles. The fourth-order valence-corrected chi connectivity index (χ4v) is 6.05. The molecule has 0 heteroatoms. The molecular weight excluding hydrogens is 553 g/mol. The third-order valence-electron chi connectivity index (χ3n) is 7.94. The van der Waals surface area contributed by atoms with Gasteiger partial charge in [0.1, 0.15) is 0 Å². The van der Waals surface area contributed by atoms with Gasteiger partial charge in [-0.2, -0.15) is 0 Å². The average Bonchev–Trinajstić information content (AvgIpc) is 3.35. The Kier molecular flexibility index (Phi) is 2.24. The van der Waals surface area contributed by atoms with Gasteiger partial charge < -0.3 is 0 Å². The number of rotatable bonds is 3. The van der Waals surface area contributed by atoms with Crippen LogP contribution in [-0.4, -0.2) is 0 Å². The van der Waals surface area contributed by atoms with Crippen LogP contribution < -0.4 is 0 Å². The highest BCUT2D eigenvalue weighted by Crippen LogP contribution is 2.49. The van der Waals surface area contributed by atoms with Crippen molar-refractivity contribution in [3.05, 3.63) is 169 Å². The molecule has 0 aliphatic rings. The summed E-state index contributed by atoms with van der Waals surface area (Å²) in [7, 11) is 0. The molecule has 10 rings (SSSR count). The summed E-state index contributed by atoms with van der Waals surface area (Å²) in [6.45, 7) is 0. The predicted octanol–water partition coefficient (Wildman–Crippen LogP) is 13.0. The summed E-state index contributed by atoms with van der Waals surface area (Å²) < 4.78 is 246. The first kappa shape index (κ1) is 10.5. The Labute approximate surface area is 305 Å². The van der Waals surface area contributed by atoms with Crippen LogP contribution in [0.2, 0.25) is 0 Å². The van der Waals surface area contributed by atoms with Gasteiger partial charge in [-0.1, -0.05) is 163 Å². The first-order chi connectivity index (χ1) is 34.1. The molecule has 0 unspecified atom stereocenters. The number of hydrogen-bond donors (Lipinski definition) is 0. The van der Waals surface area contributed by atoms with Crippen molar-refractivity contribution in [3.8, 4) is 33.4 Å². The van der Waals surface area contributed by atoms with E-state index in [0.29, 0.717) is 0 Å². The molecule has 0 aliphatic heterocycles. The maximum atomic E-state index is 9.81. The third-order valence-corrected chi connectivity index (χ3v) is 7.94. The second kappa shape index (κ2) is 9.76. The molecule has 0 aliphatic carbocycles. The van der Waals surface area contributed by atoms with E-state index >= 15 is 0 Å². The summed E-state index contributed by atoms with van der Waals surface area (Å²) in [6.07, 6.45) is 0. The van der Waals surface area contributed by atoms with Crippen molar-refractivity contribution in [2.75, 3.05) is 0 Å². The Morgan fingerprint density at radius 3 is 1.76 bits per heavy atom. The standard InChI is InChI=1S/C46H28/c1-2-10-29(11-3-1)34-15-9-16-35(28-34)43-37-18-6-7-19-38(37)46(45-36-17-5-4-12-30(36)22-27-41(43)45)40-26-24-33-21-20-31-13-8-14-32-23-25-39(40)44(33)42(31)32/h1-28H/i1D,2D,3D,4D,5D,6D,7D,8D,9D,10D,12D,13D,14D,15D,16D,17D,18D,19D,20D,21D,22D,23D,24D,25D,26D,27D,28D. The van der Waals surface area contributed by atoms with Crippen molar-refractivity contribution in [1.29, 1.82) is 0 Å². The summed E-state index contributed by atoms with van der Waals surface area (Å²) in [5.41, 5.74) is -4.16. The largest absolute Gasteiger partial charge is 0.0636 e. The quantitative estimate of drug-likeness (QED) is 0.138. The summed E-state index contributed by atoms with van der Waals surface area (Å²) >= 11 is 0. The summed E-state index contributed by atoms with van der Waals surface area (Å²) in [5, 5.41) is -6.93. The van der Waals surface area contributed by atoms with Gasteiger partial charge in [0.2, 0.25) is 0 Å². The van der Waals surface area contributed by atoms with E-state index < -0.39 is 250 Å². The topological polar surface area (TPSA) is 0 Å². The molecule has 46 heavy (non-hydrogen) atoms. The Hall–Kier alpha value is -5.98. The maximum Gasteiger partial charge on any atom is 0.0636 e. The molecule has 0 fully saturated rings. The van der Waals surface area contributed by atoms with E-state index in [4.69, 9.17) is 21.9 Å². The van der Waals surface area contributed by atoms with Crippen LogP contribution in [0.5, 0.6) is 0 Å². The number of fused-ring (bicyclic) bond motifs is 4. The zero-order valence-electron chi connectivity index (χ0n) is 50.1. The lowest BCUT2D eigenvalue weighted by Gasteiger charge is -2.21. The van der Waals surface area contributed by atoms with E-state index in [1.807, 2.05) is 0 Å². The molecule has 10 aromatic carbocycles. The van der Waals surface area contributed by atoms with E-state index in [-0.39, 0.29) is 10.8 Å². The second-order valence-electron chi connectivity index (χ2n) is 10.3. The highest BCUT2D eigenvalue weighted by Gasteiger charge is 2.21. The molecule has 0 saturated carbocycles. The zero-order chi connectivity index (χ0) is 53.7. The van der Waals surface area contributed by atoms with Crippen molar-refractivity contribution in [2.24, 2.45) is 0 Å². The molecule has 0 heterocycles. The van der Waals surface area contributed by atoms with Gasteiger partial charge in [0, 0.05) is 0 Å². The first-order valence-electron chi connectivity index (χ1n) is 27.3. The van der Waals surface area contributed by atoms with Crippen LogP contribution in [0.4, 0.5) is 0 Å². The minimum atomic E-state index is -1.02. The van der Waals surface area contributed by atoms with E-state index in [1.54, 1.807) is 0 Å². The lowest BCUT2D eigenvalue weighted by molar-refractivity contribution is 1.61. The molecule has 0 nitrogen and oxygen atoms in total. The molecule has 0 N–H and O–H groups in total. The van der Waals surface area contributed by atoms with Gasteiger partial charge in [0.05, 0.1) is 37.0 Å². The lowest BCUT2D eigenvalue weighted by atomic mass is 9.81. The van der Waals surface area contributed by atoms with Gasteiger partial charge in [-0.3, -0.25) is 0 Å². The van der Waals surface area contributed by atoms with Crippen molar-refractivity contribution >= 4 is 64.6 Å². The van der Waals surface area contributed by atoms with E-state index in [1.165, 1.54) is 0 Å². The Balaban J connectivity index is 1.64. The van der Waals surface area contributed by atoms with Crippen LogP contribution in [0.3, 0.4) is 0 Å². The Morgan fingerprint density at radius 1 is 0.304 bits per heavy atom. The molecule has 0 radical (unpaired) electrons. The number of benzene rings is 10. The highest BCUT2D eigenvalue weighted by atomic mass is 14.2. The highest BCUT2D eigenvalue weighted by molar-refractivity contribution is 6.32. The van der Waals surface area contributed by atoms with Crippen molar-refractivity contribution in [2.45, 2.75) is 0 Å². The van der Waals surface area contributed by atoms with E-state index in [2.05, 4.69) is 0 Å². The van der Waals surface area contributed by atoms with E-state index in [9.17, 15) is 15.1 Å². The summed E-state index contributed by atoms with van der Waals surface area (Å²) in [4.78, 5) is 0. The fraction of sp³-hybridized carbons (Fsp3) is 0. The molecule has 0 bridgehead atoms. The van der Waals surface area contributed by atoms with Crippen molar-refractivity contribution in [3.63, 3.8) is 0 Å². The minimum Gasteiger partial charge on any atom is -0.0622 e. The smallest absolute Gasteiger partial charge is 0.0622 e. The molecule has 0 amide bonds. The Bertz CT molecular complexity index is 4310. The molecule has 0 aromatic heterocycles. The van der Waals surface area contributed by atoms with Gasteiger partial charge in [-0.25, -0.2) is 0 Å². The van der Waals surface area contributed by atoms with Crippen LogP contribution in [0.15, 0.2) is 169 Å². The molecular formula is C46H28. The third kappa shape index (κ3) is 3.62. The predicted molar refractivity (Wildman–Crippen MR) is 199 cm³/mol. The minimum absolute atomic E-state index is 0.330. The molecule has 0 atom stereocenters. The monoisotopic (exact) mass is 607 g/mol. The first-order valence-corrected chi connectivity index (χ1v) is 13.8. The zero-order valence-corrected chi connectivity index (χ0v) is 23.1. The SMILES string of the molecule is [2H]c1cc(-c2c([2H])c([2H])c([2H])c(-c3c4c([2H])c([2H])c([2H])c([2H])c4c(-c4c([2H])c([2H])c5c([2H])c([2H])c6c([2H])c([2H])c([2H])c7c([2H])c([2H])c4c5c67)c4c3c([2H])c([2H])c3c([2H])c([2H])c([2H])c([2H])c34)c2[2H])c([2H])c([2H])c1[2H]. The fourth-order valence-electron chi connectivity index (χ4n) is 6.05. The van der Waals surface area contributed by atoms with Crippen molar-refractivity contribution in [1.82, 2.24) is 0 Å². The summed E-state index contributed by atoms with van der Waals surface area (Å²) in [5.74, 6) is 0. The second-order valence-corrected chi connectivity index (χ2v) is 10.3.